The summed E-state index contributed by atoms with van der Waals surface area (Å²) in [5.74, 6) is -0.970. The lowest BCUT2D eigenvalue weighted by Gasteiger charge is -2.29. The van der Waals surface area contributed by atoms with Crippen molar-refractivity contribution in [2.24, 2.45) is 0 Å². The highest BCUT2D eigenvalue weighted by Gasteiger charge is 2.35. The lowest BCUT2D eigenvalue weighted by molar-refractivity contribution is -0.122. The first-order valence-corrected chi connectivity index (χ1v) is 13.2. The second kappa shape index (κ2) is 9.16. The van der Waals surface area contributed by atoms with Gasteiger partial charge in [0.05, 0.1) is 11.3 Å². The topological polar surface area (TPSA) is 78.1 Å². The number of nitriles is 1. The van der Waals surface area contributed by atoms with Crippen LogP contribution in [0.15, 0.2) is 29.8 Å². The Hall–Kier alpha value is -3.54. The molecule has 0 radical (unpaired) electrons. The number of thiophene rings is 1. The van der Waals surface area contributed by atoms with Crippen LogP contribution in [-0.4, -0.2) is 21.5 Å². The van der Waals surface area contributed by atoms with Crippen LogP contribution < -0.4 is 10.2 Å². The molecule has 1 aliphatic heterocycles. The van der Waals surface area contributed by atoms with Crippen LogP contribution in [0.4, 0.5) is 5.69 Å². The van der Waals surface area contributed by atoms with Gasteiger partial charge in [0.2, 0.25) is 0 Å². The van der Waals surface area contributed by atoms with Crippen molar-refractivity contribution in [3.63, 3.8) is 0 Å². The van der Waals surface area contributed by atoms with Crippen LogP contribution in [0.3, 0.4) is 0 Å². The largest absolute Gasteiger partial charge is 0.308 e. The predicted molar refractivity (Wildman–Crippen MR) is 147 cm³/mol. The molecule has 1 aromatic carbocycles. The summed E-state index contributed by atoms with van der Waals surface area (Å²) in [6.07, 6.45) is 5.83. The van der Waals surface area contributed by atoms with Gasteiger partial charge in [0.25, 0.3) is 11.8 Å². The molecule has 0 bridgehead atoms. The number of hydrogen-bond donors (Lipinski definition) is 1. The fourth-order valence-electron chi connectivity index (χ4n) is 5.20. The van der Waals surface area contributed by atoms with Crippen molar-refractivity contribution in [3.05, 3.63) is 73.9 Å². The Morgan fingerprint density at radius 2 is 1.75 bits per heavy atom. The molecule has 1 aliphatic carbocycles. The van der Waals surface area contributed by atoms with Crippen LogP contribution in [0.1, 0.15) is 56.9 Å². The lowest BCUT2D eigenvalue weighted by Crippen LogP contribution is -2.54. The second-order valence-electron chi connectivity index (χ2n) is 9.47. The molecule has 1 saturated heterocycles. The Morgan fingerprint density at radius 1 is 1.06 bits per heavy atom. The van der Waals surface area contributed by atoms with E-state index in [4.69, 9.17) is 12.2 Å². The summed E-state index contributed by atoms with van der Waals surface area (Å²) >= 11 is 7.04. The number of carbonyl (C=O) groups is 2. The minimum absolute atomic E-state index is 0.0222. The fourth-order valence-corrected chi connectivity index (χ4v) is 6.93. The highest BCUT2D eigenvalue weighted by Crippen LogP contribution is 2.38. The van der Waals surface area contributed by atoms with Crippen molar-refractivity contribution in [3.8, 4) is 11.1 Å². The third-order valence-corrected chi connectivity index (χ3v) is 8.37. The molecule has 0 unspecified atom stereocenters. The maximum absolute atomic E-state index is 13.5. The molecule has 2 aliphatic rings. The van der Waals surface area contributed by atoms with Crippen LogP contribution in [-0.2, 0) is 22.4 Å². The summed E-state index contributed by atoms with van der Waals surface area (Å²) in [7, 11) is 0. The molecule has 8 heteroatoms. The summed E-state index contributed by atoms with van der Waals surface area (Å²) < 4.78 is 2.07. The third-order valence-electron chi connectivity index (χ3n) is 6.80. The van der Waals surface area contributed by atoms with Gasteiger partial charge in [0, 0.05) is 16.3 Å². The van der Waals surface area contributed by atoms with Crippen molar-refractivity contribution in [1.82, 2.24) is 9.88 Å². The predicted octanol–water partition coefficient (Wildman–Crippen LogP) is 5.35. The number of carbonyl (C=O) groups excluding carboxylic acids is 2. The van der Waals surface area contributed by atoms with Gasteiger partial charge in [0.1, 0.15) is 16.6 Å². The van der Waals surface area contributed by atoms with Gasteiger partial charge >= 0.3 is 0 Å². The molecule has 2 aromatic heterocycles. The van der Waals surface area contributed by atoms with Crippen LogP contribution in [0, 0.1) is 39.0 Å². The van der Waals surface area contributed by atoms with Gasteiger partial charge in [-0.25, -0.2) is 0 Å². The molecule has 2 amide bonds. The molecule has 3 heterocycles. The van der Waals surface area contributed by atoms with Gasteiger partial charge in [-0.1, -0.05) is 6.07 Å². The zero-order valence-corrected chi connectivity index (χ0v) is 22.3. The fraction of sp³-hybridized carbons (Fsp3) is 0.286. The summed E-state index contributed by atoms with van der Waals surface area (Å²) in [5, 5.41) is 13.6. The maximum Gasteiger partial charge on any atom is 0.270 e. The smallest absolute Gasteiger partial charge is 0.270 e. The number of rotatable bonds is 3. The van der Waals surface area contributed by atoms with E-state index in [0.717, 1.165) is 64.3 Å². The maximum atomic E-state index is 13.5. The van der Waals surface area contributed by atoms with E-state index >= 15 is 0 Å². The number of aromatic nitrogens is 1. The molecular weight excluding hydrogens is 488 g/mol. The van der Waals surface area contributed by atoms with Crippen molar-refractivity contribution in [2.75, 3.05) is 4.90 Å². The number of nitrogens with one attached hydrogen (secondary N) is 1. The minimum atomic E-state index is -0.514. The van der Waals surface area contributed by atoms with E-state index in [9.17, 15) is 14.9 Å². The Kier molecular flexibility index (Phi) is 6.15. The van der Waals surface area contributed by atoms with Crippen LogP contribution >= 0.6 is 23.6 Å². The molecule has 36 heavy (non-hydrogen) atoms. The van der Waals surface area contributed by atoms with Gasteiger partial charge < -0.3 is 4.57 Å². The SMILES string of the molecule is Cc1cc(C)cc(N2C(=O)C(=Cc3cc(C)n(-c4sc5c(c4C#N)CCCC5)c3C)C(=O)NC2=S)c1. The molecular formula is C28H26N4O2S2. The van der Waals surface area contributed by atoms with Gasteiger partial charge in [-0.15, -0.1) is 11.3 Å². The standard InChI is InChI=1S/C28H26N4O2S2/c1-15-9-16(2)11-20(10-15)32-26(34)22(25(33)30-28(32)35)13-19-12-17(3)31(18(19)4)27-23(14-29)21-7-5-6-8-24(21)36-27/h9-13H,5-8H2,1-4H3,(H,30,33,35). The molecule has 6 nitrogen and oxygen atoms in total. The van der Waals surface area contributed by atoms with Crippen LogP contribution in [0.25, 0.3) is 11.1 Å². The zero-order valence-electron chi connectivity index (χ0n) is 20.7. The lowest BCUT2D eigenvalue weighted by atomic mass is 9.96. The first-order chi connectivity index (χ1) is 17.2. The van der Waals surface area contributed by atoms with Crippen LogP contribution in [0.5, 0.6) is 0 Å². The third kappa shape index (κ3) is 3.98. The van der Waals surface area contributed by atoms with E-state index in [1.54, 1.807) is 17.4 Å². The van der Waals surface area contributed by atoms with Crippen molar-refractivity contribution >= 4 is 52.2 Å². The zero-order chi connectivity index (χ0) is 25.7. The monoisotopic (exact) mass is 514 g/mol. The summed E-state index contributed by atoms with van der Waals surface area (Å²) in [6.45, 7) is 7.84. The average molecular weight is 515 g/mol. The minimum Gasteiger partial charge on any atom is -0.308 e. The van der Waals surface area contributed by atoms with Gasteiger partial charge in [-0.05, 0) is 112 Å². The highest BCUT2D eigenvalue weighted by molar-refractivity contribution is 7.80. The normalized spacial score (nSPS) is 16.8. The summed E-state index contributed by atoms with van der Waals surface area (Å²) in [4.78, 5) is 29.1. The molecule has 3 aromatic rings. The Labute approximate surface area is 219 Å². The summed E-state index contributed by atoms with van der Waals surface area (Å²) in [5.41, 5.74) is 7.15. The average Bonchev–Trinajstić information content (AvgIpc) is 3.31. The first-order valence-electron chi connectivity index (χ1n) is 11.9. The van der Waals surface area contributed by atoms with Crippen LogP contribution in [0.2, 0.25) is 0 Å². The molecule has 182 valence electrons. The number of aryl methyl sites for hydroxylation is 4. The molecule has 0 atom stereocenters. The second-order valence-corrected chi connectivity index (χ2v) is 10.9. The molecule has 5 rings (SSSR count). The Morgan fingerprint density at radius 3 is 2.44 bits per heavy atom. The Bertz CT molecular complexity index is 1510. The number of benzene rings is 1. The van der Waals surface area contributed by atoms with E-state index < -0.39 is 11.8 Å². The van der Waals surface area contributed by atoms with E-state index in [1.807, 2.05) is 52.0 Å². The van der Waals surface area contributed by atoms with Crippen molar-refractivity contribution in [1.29, 1.82) is 5.26 Å². The number of thiocarbonyl (C=S) groups is 1. The molecule has 0 saturated carbocycles. The Balaban J connectivity index is 1.58. The number of amides is 2. The number of fused-ring (bicyclic) bond motifs is 1. The van der Waals surface area contributed by atoms with E-state index in [0.29, 0.717) is 5.69 Å². The number of anilines is 1. The van der Waals surface area contributed by atoms with Gasteiger partial charge in [-0.2, -0.15) is 5.26 Å². The van der Waals surface area contributed by atoms with E-state index in [-0.39, 0.29) is 10.7 Å². The van der Waals surface area contributed by atoms with Gasteiger partial charge in [-0.3, -0.25) is 19.8 Å². The molecule has 0 spiro atoms. The van der Waals surface area contributed by atoms with Crippen molar-refractivity contribution < 1.29 is 9.59 Å². The highest BCUT2D eigenvalue weighted by atomic mass is 32.1. The molecule has 1 fully saturated rings. The molecule has 1 N–H and O–H groups in total. The first kappa shape index (κ1) is 24.2. The number of hydrogen-bond acceptors (Lipinski definition) is 5. The number of nitrogens with zero attached hydrogens (tertiary/aromatic N) is 3. The summed E-state index contributed by atoms with van der Waals surface area (Å²) in [6, 6.07) is 10.2. The van der Waals surface area contributed by atoms with E-state index in [1.165, 1.54) is 15.3 Å². The van der Waals surface area contributed by atoms with Crippen molar-refractivity contribution in [2.45, 2.75) is 53.4 Å². The van der Waals surface area contributed by atoms with E-state index in [2.05, 4.69) is 16.0 Å². The quantitative estimate of drug-likeness (QED) is 0.290. The van der Waals surface area contributed by atoms with Gasteiger partial charge in [0.15, 0.2) is 5.11 Å².